The van der Waals surface area contributed by atoms with E-state index in [4.69, 9.17) is 9.40 Å². The van der Waals surface area contributed by atoms with Crippen LogP contribution in [0.4, 0.5) is 0 Å². The molecule has 1 saturated heterocycles. The minimum absolute atomic E-state index is 0.728. The average Bonchev–Trinajstić information content (AvgIpc) is 3.01. The van der Waals surface area contributed by atoms with Gasteiger partial charge in [-0.1, -0.05) is 0 Å². The number of thiazole rings is 1. The number of likely N-dealkylation sites (tertiary alicyclic amines) is 1. The molecule has 2 aliphatic rings. The molecule has 0 radical (unpaired) electrons. The molecule has 3 heterocycles. The van der Waals surface area contributed by atoms with Crippen LogP contribution in [0.2, 0.25) is 0 Å². The van der Waals surface area contributed by atoms with Crippen molar-refractivity contribution in [3.05, 3.63) is 29.5 Å². The van der Waals surface area contributed by atoms with Crippen LogP contribution >= 0.6 is 11.3 Å². The first-order valence-electron chi connectivity index (χ1n) is 8.31. The van der Waals surface area contributed by atoms with Crippen LogP contribution in [-0.2, 0) is 6.54 Å². The third kappa shape index (κ3) is 3.59. The number of aromatic nitrogens is 1. The lowest BCUT2D eigenvalue weighted by Crippen LogP contribution is -2.42. The SMILES string of the molecule is c1coc(-c2nc(CN3CCC(NCC4CC4)CC3)cs2)c1. The van der Waals surface area contributed by atoms with Crippen LogP contribution in [0.3, 0.4) is 0 Å². The first-order valence-corrected chi connectivity index (χ1v) is 9.19. The van der Waals surface area contributed by atoms with Gasteiger partial charge in [0, 0.05) is 31.1 Å². The van der Waals surface area contributed by atoms with E-state index in [0.29, 0.717) is 0 Å². The van der Waals surface area contributed by atoms with Gasteiger partial charge in [-0.15, -0.1) is 11.3 Å². The van der Waals surface area contributed by atoms with Crippen LogP contribution < -0.4 is 5.32 Å². The van der Waals surface area contributed by atoms with Crippen LogP contribution in [0.25, 0.3) is 10.8 Å². The topological polar surface area (TPSA) is 41.3 Å². The van der Waals surface area contributed by atoms with Gasteiger partial charge in [0.25, 0.3) is 0 Å². The molecule has 0 amide bonds. The van der Waals surface area contributed by atoms with E-state index in [0.717, 1.165) is 29.3 Å². The van der Waals surface area contributed by atoms with Gasteiger partial charge < -0.3 is 9.73 Å². The molecule has 0 unspecified atom stereocenters. The third-order valence-corrected chi connectivity index (χ3v) is 5.55. The second kappa shape index (κ2) is 6.52. The summed E-state index contributed by atoms with van der Waals surface area (Å²) in [5.41, 5.74) is 1.17. The molecule has 1 aliphatic heterocycles. The van der Waals surface area contributed by atoms with E-state index in [9.17, 15) is 0 Å². The Hall–Kier alpha value is -1.17. The van der Waals surface area contributed by atoms with E-state index in [1.165, 1.54) is 51.0 Å². The number of furan rings is 1. The number of rotatable bonds is 6. The van der Waals surface area contributed by atoms with E-state index >= 15 is 0 Å². The van der Waals surface area contributed by atoms with Crippen LogP contribution in [0.1, 0.15) is 31.4 Å². The molecule has 118 valence electrons. The molecule has 2 aromatic heterocycles. The zero-order chi connectivity index (χ0) is 14.8. The predicted molar refractivity (Wildman–Crippen MR) is 88.8 cm³/mol. The van der Waals surface area contributed by atoms with Crippen molar-refractivity contribution in [3.63, 3.8) is 0 Å². The second-order valence-corrected chi connectivity index (χ2v) is 7.38. The van der Waals surface area contributed by atoms with Crippen molar-refractivity contribution in [1.82, 2.24) is 15.2 Å². The molecule has 0 aromatic carbocycles. The fourth-order valence-electron chi connectivity index (χ4n) is 3.07. The summed E-state index contributed by atoms with van der Waals surface area (Å²) < 4.78 is 5.41. The van der Waals surface area contributed by atoms with Crippen LogP contribution in [0.5, 0.6) is 0 Å². The monoisotopic (exact) mass is 317 g/mol. The average molecular weight is 317 g/mol. The zero-order valence-corrected chi connectivity index (χ0v) is 13.6. The minimum atomic E-state index is 0.728. The molecule has 22 heavy (non-hydrogen) atoms. The lowest BCUT2D eigenvalue weighted by atomic mass is 10.0. The Morgan fingerprint density at radius 1 is 1.27 bits per heavy atom. The normalized spacial score (nSPS) is 20.5. The van der Waals surface area contributed by atoms with Gasteiger partial charge in [0.1, 0.15) is 0 Å². The van der Waals surface area contributed by atoms with Crippen LogP contribution in [0.15, 0.2) is 28.2 Å². The fourth-order valence-corrected chi connectivity index (χ4v) is 3.85. The standard InChI is InChI=1S/C17H23N3OS/c1-2-16(21-9-1)17-19-15(12-22-17)11-20-7-5-14(6-8-20)18-10-13-3-4-13/h1-2,9,12-14,18H,3-8,10-11H2. The number of hydrogen-bond acceptors (Lipinski definition) is 5. The summed E-state index contributed by atoms with van der Waals surface area (Å²) >= 11 is 1.67. The Labute approximate surface area is 135 Å². The predicted octanol–water partition coefficient (Wildman–Crippen LogP) is 3.37. The number of nitrogens with one attached hydrogen (secondary N) is 1. The van der Waals surface area contributed by atoms with E-state index < -0.39 is 0 Å². The van der Waals surface area contributed by atoms with E-state index in [-0.39, 0.29) is 0 Å². The highest BCUT2D eigenvalue weighted by Gasteiger charge is 2.24. The van der Waals surface area contributed by atoms with Gasteiger partial charge in [-0.3, -0.25) is 4.90 Å². The maximum atomic E-state index is 5.41. The van der Waals surface area contributed by atoms with Crippen LogP contribution in [-0.4, -0.2) is 35.6 Å². The van der Waals surface area contributed by atoms with Gasteiger partial charge in [0.05, 0.1) is 12.0 Å². The Bertz CT molecular complexity index is 583. The first kappa shape index (κ1) is 14.4. The summed E-state index contributed by atoms with van der Waals surface area (Å²) in [7, 11) is 0. The van der Waals surface area contributed by atoms with Gasteiger partial charge in [0.15, 0.2) is 10.8 Å². The van der Waals surface area contributed by atoms with Gasteiger partial charge in [-0.25, -0.2) is 4.98 Å². The minimum Gasteiger partial charge on any atom is -0.462 e. The summed E-state index contributed by atoms with van der Waals surface area (Å²) in [5, 5.41) is 6.89. The highest BCUT2D eigenvalue weighted by molar-refractivity contribution is 7.13. The smallest absolute Gasteiger partial charge is 0.162 e. The molecule has 4 nitrogen and oxygen atoms in total. The molecule has 0 atom stereocenters. The highest BCUT2D eigenvalue weighted by Crippen LogP contribution is 2.28. The first-order chi connectivity index (χ1) is 10.9. The molecule has 1 aliphatic carbocycles. The third-order valence-electron chi connectivity index (χ3n) is 4.65. The molecule has 2 fully saturated rings. The van der Waals surface area contributed by atoms with Gasteiger partial charge >= 0.3 is 0 Å². The van der Waals surface area contributed by atoms with E-state index in [1.54, 1.807) is 17.6 Å². The Morgan fingerprint density at radius 3 is 2.86 bits per heavy atom. The summed E-state index contributed by atoms with van der Waals surface area (Å²) in [4.78, 5) is 7.23. The van der Waals surface area contributed by atoms with E-state index in [2.05, 4.69) is 15.6 Å². The van der Waals surface area contributed by atoms with Crippen molar-refractivity contribution in [3.8, 4) is 10.8 Å². The maximum absolute atomic E-state index is 5.41. The van der Waals surface area contributed by atoms with Crippen molar-refractivity contribution >= 4 is 11.3 Å². The molecule has 1 saturated carbocycles. The van der Waals surface area contributed by atoms with Gasteiger partial charge in [0.2, 0.25) is 0 Å². The molecular weight excluding hydrogens is 294 g/mol. The molecule has 5 heteroatoms. The van der Waals surface area contributed by atoms with Crippen molar-refractivity contribution in [2.45, 2.75) is 38.3 Å². The fraction of sp³-hybridized carbons (Fsp3) is 0.588. The van der Waals surface area contributed by atoms with E-state index in [1.807, 2.05) is 12.1 Å². The quantitative estimate of drug-likeness (QED) is 0.887. The van der Waals surface area contributed by atoms with Crippen LogP contribution in [0, 0.1) is 5.92 Å². The van der Waals surface area contributed by atoms with Gasteiger partial charge in [-0.05, 0) is 50.3 Å². The van der Waals surface area contributed by atoms with Crippen molar-refractivity contribution in [1.29, 1.82) is 0 Å². The second-order valence-electron chi connectivity index (χ2n) is 6.52. The molecule has 4 rings (SSSR count). The lowest BCUT2D eigenvalue weighted by molar-refractivity contribution is 0.188. The Balaban J connectivity index is 1.25. The summed E-state index contributed by atoms with van der Waals surface area (Å²) in [5.74, 6) is 1.85. The Morgan fingerprint density at radius 2 is 2.14 bits per heavy atom. The number of hydrogen-bond donors (Lipinski definition) is 1. The summed E-state index contributed by atoms with van der Waals surface area (Å²) in [6.45, 7) is 4.56. The van der Waals surface area contributed by atoms with Crippen molar-refractivity contribution in [2.75, 3.05) is 19.6 Å². The molecule has 2 aromatic rings. The largest absolute Gasteiger partial charge is 0.462 e. The Kier molecular flexibility index (Phi) is 4.28. The summed E-state index contributed by atoms with van der Waals surface area (Å²) in [6, 6.07) is 4.61. The number of nitrogens with zero attached hydrogens (tertiary/aromatic N) is 2. The molecular formula is C17H23N3OS. The molecule has 1 N–H and O–H groups in total. The lowest BCUT2D eigenvalue weighted by Gasteiger charge is -2.32. The van der Waals surface area contributed by atoms with Gasteiger partial charge in [-0.2, -0.15) is 0 Å². The highest BCUT2D eigenvalue weighted by atomic mass is 32.1. The molecule has 0 spiro atoms. The van der Waals surface area contributed by atoms with Crippen molar-refractivity contribution in [2.24, 2.45) is 5.92 Å². The zero-order valence-electron chi connectivity index (χ0n) is 12.8. The maximum Gasteiger partial charge on any atom is 0.162 e. The number of piperidine rings is 1. The van der Waals surface area contributed by atoms with Crippen molar-refractivity contribution < 1.29 is 4.42 Å². The summed E-state index contributed by atoms with van der Waals surface area (Å²) in [6.07, 6.45) is 7.11. The molecule has 0 bridgehead atoms.